The molecule has 0 aromatic carbocycles. The molecular formula is C21H30N4O3S. The van der Waals surface area contributed by atoms with E-state index >= 15 is 0 Å². The molecule has 1 amide bonds. The molecule has 0 N–H and O–H groups in total. The van der Waals surface area contributed by atoms with Crippen molar-refractivity contribution in [3.8, 4) is 0 Å². The summed E-state index contributed by atoms with van der Waals surface area (Å²) in [5.41, 5.74) is 0.583. The smallest absolute Gasteiger partial charge is 0.350 e. The quantitative estimate of drug-likeness (QED) is 0.675. The lowest BCUT2D eigenvalue weighted by atomic mass is 9.89. The molecule has 2 heterocycles. The third kappa shape index (κ3) is 4.52. The van der Waals surface area contributed by atoms with Crippen LogP contribution in [0.4, 0.5) is 5.69 Å². The minimum absolute atomic E-state index is 0.0395. The Morgan fingerprint density at radius 1 is 1.28 bits per heavy atom. The van der Waals surface area contributed by atoms with Crippen LogP contribution in [-0.4, -0.2) is 39.8 Å². The second-order valence-corrected chi connectivity index (χ2v) is 9.57. The number of ether oxygens (including phenoxy) is 1. The van der Waals surface area contributed by atoms with E-state index in [1.807, 2.05) is 22.6 Å². The van der Waals surface area contributed by atoms with Crippen LogP contribution in [0.2, 0.25) is 0 Å². The Hall–Kier alpha value is -2.22. The number of hydrogen-bond donors (Lipinski definition) is 0. The molecule has 1 aliphatic carbocycles. The molecule has 0 atom stereocenters. The number of rotatable bonds is 5. The van der Waals surface area contributed by atoms with Gasteiger partial charge >= 0.3 is 5.97 Å². The van der Waals surface area contributed by atoms with E-state index in [2.05, 4.69) is 30.9 Å². The highest BCUT2D eigenvalue weighted by Gasteiger charge is 2.34. The highest BCUT2D eigenvalue weighted by molar-refractivity contribution is 7.14. The first-order valence-electron chi connectivity index (χ1n) is 10.1. The molecule has 0 radical (unpaired) electrons. The van der Waals surface area contributed by atoms with Gasteiger partial charge in [-0.15, -0.1) is 11.3 Å². The van der Waals surface area contributed by atoms with Crippen molar-refractivity contribution in [2.75, 3.05) is 12.0 Å². The molecule has 0 bridgehead atoms. The van der Waals surface area contributed by atoms with Gasteiger partial charge in [0.1, 0.15) is 17.5 Å². The number of aromatic nitrogens is 3. The minimum Gasteiger partial charge on any atom is -0.465 e. The summed E-state index contributed by atoms with van der Waals surface area (Å²) in [6, 6.07) is 2.38. The van der Waals surface area contributed by atoms with E-state index in [9.17, 15) is 9.59 Å². The Labute approximate surface area is 176 Å². The van der Waals surface area contributed by atoms with Crippen molar-refractivity contribution >= 4 is 28.9 Å². The van der Waals surface area contributed by atoms with E-state index in [1.165, 1.54) is 18.4 Å². The van der Waals surface area contributed by atoms with Gasteiger partial charge in [-0.25, -0.2) is 14.5 Å². The van der Waals surface area contributed by atoms with Crippen LogP contribution < -0.4 is 4.90 Å². The maximum atomic E-state index is 13.0. The van der Waals surface area contributed by atoms with Gasteiger partial charge in [-0.3, -0.25) is 4.79 Å². The number of carbonyl (C=O) groups excluding carboxylic acids is 2. The predicted molar refractivity (Wildman–Crippen MR) is 113 cm³/mol. The summed E-state index contributed by atoms with van der Waals surface area (Å²) in [5.74, 6) is -0.344. The first kappa shape index (κ1) is 21.5. The predicted octanol–water partition coefficient (Wildman–Crippen LogP) is 4.35. The highest BCUT2D eigenvalue weighted by Crippen LogP contribution is 2.41. The van der Waals surface area contributed by atoms with Crippen LogP contribution in [-0.2, 0) is 14.9 Å². The monoisotopic (exact) mass is 418 g/mol. The average Bonchev–Trinajstić information content (AvgIpc) is 3.38. The Bertz CT molecular complexity index is 846. The largest absolute Gasteiger partial charge is 0.465 e. The molecule has 158 valence electrons. The van der Waals surface area contributed by atoms with E-state index in [4.69, 9.17) is 4.74 Å². The van der Waals surface area contributed by atoms with Crippen molar-refractivity contribution in [1.29, 1.82) is 0 Å². The topological polar surface area (TPSA) is 77.3 Å². The molecule has 0 aliphatic heterocycles. The molecule has 2 aromatic heterocycles. The van der Waals surface area contributed by atoms with Crippen molar-refractivity contribution in [2.24, 2.45) is 0 Å². The number of methoxy groups -OCH3 is 1. The zero-order valence-corrected chi connectivity index (χ0v) is 18.7. The summed E-state index contributed by atoms with van der Waals surface area (Å²) in [6.45, 7) is 8.20. The summed E-state index contributed by atoms with van der Waals surface area (Å²) < 4.78 is 6.94. The molecule has 2 aromatic rings. The minimum atomic E-state index is -0.384. The van der Waals surface area contributed by atoms with Gasteiger partial charge in [0.15, 0.2) is 0 Å². The summed E-state index contributed by atoms with van der Waals surface area (Å²) >= 11 is 1.43. The molecule has 1 aliphatic rings. The number of hydrogen-bond acceptors (Lipinski definition) is 6. The fraction of sp³-hybridized carbons (Fsp3) is 0.619. The maximum absolute atomic E-state index is 13.0. The van der Waals surface area contributed by atoms with Crippen LogP contribution in [0.5, 0.6) is 0 Å². The van der Waals surface area contributed by atoms with Gasteiger partial charge in [0, 0.05) is 17.3 Å². The van der Waals surface area contributed by atoms with Gasteiger partial charge in [-0.1, -0.05) is 27.7 Å². The molecule has 3 rings (SSSR count). The number of anilines is 1. The molecule has 1 saturated carbocycles. The van der Waals surface area contributed by atoms with Crippen LogP contribution in [0.1, 0.15) is 80.4 Å². The summed E-state index contributed by atoms with van der Waals surface area (Å²) in [7, 11) is 1.39. The Morgan fingerprint density at radius 3 is 2.48 bits per heavy atom. The van der Waals surface area contributed by atoms with E-state index in [0.29, 0.717) is 23.0 Å². The van der Waals surface area contributed by atoms with Gasteiger partial charge in [-0.2, -0.15) is 5.10 Å². The fourth-order valence-electron chi connectivity index (χ4n) is 3.86. The Kier molecular flexibility index (Phi) is 6.41. The molecule has 8 heteroatoms. The van der Waals surface area contributed by atoms with E-state index in [0.717, 1.165) is 30.6 Å². The van der Waals surface area contributed by atoms with Gasteiger partial charge in [0.05, 0.1) is 18.8 Å². The Morgan fingerprint density at radius 2 is 1.97 bits per heavy atom. The van der Waals surface area contributed by atoms with Crippen molar-refractivity contribution in [3.05, 3.63) is 28.5 Å². The molecule has 1 fully saturated rings. The van der Waals surface area contributed by atoms with Crippen LogP contribution in [0.3, 0.4) is 0 Å². The number of esters is 1. The zero-order valence-electron chi connectivity index (χ0n) is 17.8. The molecule has 0 unspecified atom stereocenters. The van der Waals surface area contributed by atoms with Crippen molar-refractivity contribution in [3.63, 3.8) is 0 Å². The number of amides is 1. The third-order valence-corrected chi connectivity index (χ3v) is 7.03. The number of thiophene rings is 1. The first-order chi connectivity index (χ1) is 13.8. The fourth-order valence-corrected chi connectivity index (χ4v) is 4.99. The average molecular weight is 419 g/mol. The number of nitrogens with zero attached hydrogens (tertiary/aromatic N) is 4. The first-order valence-corrected chi connectivity index (χ1v) is 11.0. The molecule has 7 nitrogen and oxygen atoms in total. The zero-order chi connectivity index (χ0) is 21.2. The van der Waals surface area contributed by atoms with Crippen LogP contribution in [0.15, 0.2) is 18.7 Å². The van der Waals surface area contributed by atoms with Crippen molar-refractivity contribution in [2.45, 2.75) is 77.3 Å². The van der Waals surface area contributed by atoms with Gasteiger partial charge in [0.2, 0.25) is 5.91 Å². The van der Waals surface area contributed by atoms with Gasteiger partial charge < -0.3 is 9.64 Å². The Balaban J connectivity index is 1.92. The number of carbonyl (C=O) groups is 2. The van der Waals surface area contributed by atoms with Crippen LogP contribution >= 0.6 is 11.3 Å². The lowest BCUT2D eigenvalue weighted by molar-refractivity contribution is -0.119. The molecule has 0 spiro atoms. The second-order valence-electron chi connectivity index (χ2n) is 8.52. The van der Waals surface area contributed by atoms with Gasteiger partial charge in [-0.05, 0) is 37.2 Å². The standard InChI is InChI=1S/C21H30N4O3S/c1-6-18(26)25(15-9-7-14(8-10-15)24-13-22-12-23-24)16-11-17(21(2,3)4)29-19(16)20(27)28-5/h11-15H,6-10H2,1-5H3. The van der Waals surface area contributed by atoms with E-state index in [1.54, 1.807) is 12.7 Å². The van der Waals surface area contributed by atoms with Gasteiger partial charge in [0.25, 0.3) is 0 Å². The SMILES string of the molecule is CCC(=O)N(c1cc(C(C)(C)C)sc1C(=O)OC)C1CCC(n2cncn2)CC1. The lowest BCUT2D eigenvalue weighted by Crippen LogP contribution is -2.43. The van der Waals surface area contributed by atoms with Crippen LogP contribution in [0, 0.1) is 0 Å². The summed E-state index contributed by atoms with van der Waals surface area (Å²) in [5, 5.41) is 4.26. The molecule has 0 saturated heterocycles. The lowest BCUT2D eigenvalue weighted by Gasteiger charge is -2.36. The van der Waals surface area contributed by atoms with Crippen LogP contribution in [0.25, 0.3) is 0 Å². The molecule has 29 heavy (non-hydrogen) atoms. The maximum Gasteiger partial charge on any atom is 0.350 e. The summed E-state index contributed by atoms with van der Waals surface area (Å²) in [6.07, 6.45) is 7.26. The van der Waals surface area contributed by atoms with Crippen molar-refractivity contribution < 1.29 is 14.3 Å². The van der Waals surface area contributed by atoms with Crippen molar-refractivity contribution in [1.82, 2.24) is 14.8 Å². The third-order valence-electron chi connectivity index (χ3n) is 5.50. The van der Waals surface area contributed by atoms with E-state index in [-0.39, 0.29) is 23.3 Å². The summed E-state index contributed by atoms with van der Waals surface area (Å²) in [4.78, 5) is 33.0. The second kappa shape index (κ2) is 8.65. The molecular weight excluding hydrogens is 388 g/mol. The highest BCUT2D eigenvalue weighted by atomic mass is 32.1. The normalized spacial score (nSPS) is 19.8. The van der Waals surface area contributed by atoms with E-state index < -0.39 is 0 Å².